The Morgan fingerprint density at radius 2 is 2.05 bits per heavy atom. The van der Waals surface area contributed by atoms with Gasteiger partial charge in [0.15, 0.2) is 0 Å². The lowest BCUT2D eigenvalue weighted by atomic mass is 9.79. The van der Waals surface area contributed by atoms with Crippen LogP contribution in [0.25, 0.3) is 0 Å². The molecule has 0 aliphatic heterocycles. The van der Waals surface area contributed by atoms with Crippen LogP contribution in [-0.4, -0.2) is 18.5 Å². The van der Waals surface area contributed by atoms with Crippen LogP contribution in [0.1, 0.15) is 49.7 Å². The quantitative estimate of drug-likeness (QED) is 0.870. The van der Waals surface area contributed by atoms with Crippen LogP contribution in [-0.2, 0) is 11.3 Å². The van der Waals surface area contributed by atoms with Gasteiger partial charge in [-0.15, -0.1) is 0 Å². The molecule has 4 heteroatoms. The third kappa shape index (κ3) is 3.80. The molecule has 2 N–H and O–H groups in total. The molecule has 1 aliphatic rings. The van der Waals surface area contributed by atoms with Crippen molar-refractivity contribution < 1.29 is 4.79 Å². The maximum absolute atomic E-state index is 12.1. The molecule has 1 aliphatic carbocycles. The Labute approximate surface area is 119 Å². The minimum atomic E-state index is 0.0338. The summed E-state index contributed by atoms with van der Waals surface area (Å²) in [5.41, 5.74) is 2.54. The van der Waals surface area contributed by atoms with Gasteiger partial charge in [-0.05, 0) is 48.7 Å². The molecule has 0 aromatic carbocycles. The average Bonchev–Trinajstić information content (AvgIpc) is 2.83. The van der Waals surface area contributed by atoms with Gasteiger partial charge in [-0.2, -0.15) is 11.3 Å². The molecule has 1 amide bonds. The molecule has 0 saturated heterocycles. The fourth-order valence-electron chi connectivity index (χ4n) is 2.88. The van der Waals surface area contributed by atoms with Crippen molar-refractivity contribution in [2.45, 2.75) is 57.5 Å². The number of aryl methyl sites for hydroxylation is 1. The Balaban J connectivity index is 1.84. The van der Waals surface area contributed by atoms with Gasteiger partial charge in [0, 0.05) is 18.5 Å². The largest absolute Gasteiger partial charge is 0.352 e. The van der Waals surface area contributed by atoms with Crippen molar-refractivity contribution in [1.29, 1.82) is 0 Å². The lowest BCUT2D eigenvalue weighted by molar-refractivity contribution is -0.123. The van der Waals surface area contributed by atoms with Crippen LogP contribution < -0.4 is 10.6 Å². The number of thiophene rings is 1. The van der Waals surface area contributed by atoms with Crippen LogP contribution in [0.3, 0.4) is 0 Å². The first-order chi connectivity index (χ1) is 9.15. The summed E-state index contributed by atoms with van der Waals surface area (Å²) in [7, 11) is 1.99. The highest BCUT2D eigenvalue weighted by Crippen LogP contribution is 2.30. The smallest absolute Gasteiger partial charge is 0.222 e. The van der Waals surface area contributed by atoms with Crippen LogP contribution in [0.4, 0.5) is 0 Å². The first kappa shape index (κ1) is 14.5. The molecule has 1 saturated carbocycles. The Morgan fingerprint density at radius 1 is 1.32 bits per heavy atom. The maximum atomic E-state index is 12.1. The minimum absolute atomic E-state index is 0.0338. The standard InChI is InChI=1S/C15H24N2OS/c1-12-10-19-11-13(12)9-17-14(18)8-15(16-2)6-4-3-5-7-15/h10-11,16H,3-9H2,1-2H3,(H,17,18). The van der Waals surface area contributed by atoms with Gasteiger partial charge < -0.3 is 10.6 Å². The first-order valence-electron chi connectivity index (χ1n) is 7.12. The predicted molar refractivity (Wildman–Crippen MR) is 80.4 cm³/mol. The van der Waals surface area contributed by atoms with E-state index in [1.807, 2.05) is 7.05 Å². The van der Waals surface area contributed by atoms with Crippen molar-refractivity contribution in [3.63, 3.8) is 0 Å². The van der Waals surface area contributed by atoms with Crippen molar-refractivity contribution in [3.05, 3.63) is 21.9 Å². The molecule has 0 atom stereocenters. The minimum Gasteiger partial charge on any atom is -0.352 e. The summed E-state index contributed by atoms with van der Waals surface area (Å²) in [5.74, 6) is 0.168. The summed E-state index contributed by atoms with van der Waals surface area (Å²) in [5, 5.41) is 10.7. The Bertz CT molecular complexity index is 422. The van der Waals surface area contributed by atoms with Crippen LogP contribution in [0.15, 0.2) is 10.8 Å². The number of carbonyl (C=O) groups is 1. The Kier molecular flexibility index (Phi) is 4.99. The molecule has 106 valence electrons. The summed E-state index contributed by atoms with van der Waals surface area (Å²) in [4.78, 5) is 12.1. The fourth-order valence-corrected chi connectivity index (χ4v) is 3.73. The molecule has 3 nitrogen and oxygen atoms in total. The zero-order valence-electron chi connectivity index (χ0n) is 11.9. The molecule has 0 unspecified atom stereocenters. The molecule has 19 heavy (non-hydrogen) atoms. The summed E-state index contributed by atoms with van der Waals surface area (Å²) < 4.78 is 0. The van der Waals surface area contributed by atoms with Gasteiger partial charge in [0.25, 0.3) is 0 Å². The van der Waals surface area contributed by atoms with E-state index in [1.165, 1.54) is 30.4 Å². The fraction of sp³-hybridized carbons (Fsp3) is 0.667. The van der Waals surface area contributed by atoms with Gasteiger partial charge in [-0.3, -0.25) is 4.79 Å². The van der Waals surface area contributed by atoms with Crippen LogP contribution in [0, 0.1) is 6.92 Å². The lowest BCUT2D eigenvalue weighted by Crippen LogP contribution is -2.48. The second-order valence-corrected chi connectivity index (χ2v) is 6.37. The van der Waals surface area contributed by atoms with E-state index in [0.717, 1.165) is 12.8 Å². The third-order valence-corrected chi connectivity index (χ3v) is 5.19. The zero-order chi connectivity index (χ0) is 13.7. The third-order valence-electron chi connectivity index (χ3n) is 4.28. The van der Waals surface area contributed by atoms with Gasteiger partial charge in [-0.1, -0.05) is 19.3 Å². The average molecular weight is 280 g/mol. The molecule has 0 radical (unpaired) electrons. The monoisotopic (exact) mass is 280 g/mol. The van der Waals surface area contributed by atoms with Crippen molar-refractivity contribution in [2.24, 2.45) is 0 Å². The molecule has 1 heterocycles. The van der Waals surface area contributed by atoms with Gasteiger partial charge in [0.1, 0.15) is 0 Å². The zero-order valence-corrected chi connectivity index (χ0v) is 12.7. The second-order valence-electron chi connectivity index (χ2n) is 5.62. The summed E-state index contributed by atoms with van der Waals surface area (Å²) in [6, 6.07) is 0. The molecule has 0 bridgehead atoms. The van der Waals surface area contributed by atoms with Gasteiger partial charge in [-0.25, -0.2) is 0 Å². The first-order valence-corrected chi connectivity index (χ1v) is 8.07. The molecular formula is C15H24N2OS. The predicted octanol–water partition coefficient (Wildman–Crippen LogP) is 2.99. The van der Waals surface area contributed by atoms with E-state index in [0.29, 0.717) is 13.0 Å². The van der Waals surface area contributed by atoms with E-state index in [9.17, 15) is 4.79 Å². The summed E-state index contributed by atoms with van der Waals surface area (Å²) in [6.45, 7) is 2.75. The second kappa shape index (κ2) is 6.53. The number of rotatable bonds is 5. The van der Waals surface area contributed by atoms with Crippen LogP contribution >= 0.6 is 11.3 Å². The highest BCUT2D eigenvalue weighted by atomic mass is 32.1. The van der Waals surface area contributed by atoms with E-state index in [-0.39, 0.29) is 11.4 Å². The molecule has 1 fully saturated rings. The van der Waals surface area contributed by atoms with Gasteiger partial charge in [0.2, 0.25) is 5.91 Å². The number of carbonyl (C=O) groups excluding carboxylic acids is 1. The van der Waals surface area contributed by atoms with E-state index in [4.69, 9.17) is 0 Å². The van der Waals surface area contributed by atoms with E-state index < -0.39 is 0 Å². The van der Waals surface area contributed by atoms with Crippen molar-refractivity contribution in [3.8, 4) is 0 Å². The Morgan fingerprint density at radius 3 is 2.63 bits per heavy atom. The maximum Gasteiger partial charge on any atom is 0.222 e. The number of amides is 1. The van der Waals surface area contributed by atoms with E-state index in [1.54, 1.807) is 11.3 Å². The molecular weight excluding hydrogens is 256 g/mol. The Hall–Kier alpha value is -0.870. The molecule has 0 spiro atoms. The normalized spacial score (nSPS) is 18.2. The van der Waals surface area contributed by atoms with Gasteiger partial charge in [0.05, 0.1) is 0 Å². The number of hydrogen-bond donors (Lipinski definition) is 2. The molecule has 1 aromatic rings. The SMILES string of the molecule is CNC1(CC(=O)NCc2cscc2C)CCCCC1. The highest BCUT2D eigenvalue weighted by molar-refractivity contribution is 7.08. The number of hydrogen-bond acceptors (Lipinski definition) is 3. The summed E-state index contributed by atoms with van der Waals surface area (Å²) in [6.07, 6.45) is 6.62. The van der Waals surface area contributed by atoms with E-state index >= 15 is 0 Å². The van der Waals surface area contributed by atoms with Crippen molar-refractivity contribution in [1.82, 2.24) is 10.6 Å². The summed E-state index contributed by atoms with van der Waals surface area (Å²) >= 11 is 1.69. The van der Waals surface area contributed by atoms with Crippen LogP contribution in [0.2, 0.25) is 0 Å². The van der Waals surface area contributed by atoms with Crippen molar-refractivity contribution in [2.75, 3.05) is 7.05 Å². The van der Waals surface area contributed by atoms with E-state index in [2.05, 4.69) is 28.3 Å². The highest BCUT2D eigenvalue weighted by Gasteiger charge is 2.32. The number of nitrogens with one attached hydrogen (secondary N) is 2. The van der Waals surface area contributed by atoms with Crippen LogP contribution in [0.5, 0.6) is 0 Å². The topological polar surface area (TPSA) is 41.1 Å². The van der Waals surface area contributed by atoms with Gasteiger partial charge >= 0.3 is 0 Å². The lowest BCUT2D eigenvalue weighted by Gasteiger charge is -2.36. The molecule has 2 rings (SSSR count). The molecule has 1 aromatic heterocycles. The van der Waals surface area contributed by atoms with Crippen molar-refractivity contribution >= 4 is 17.2 Å².